The van der Waals surface area contributed by atoms with Crippen molar-refractivity contribution >= 4 is 11.8 Å². The zero-order chi connectivity index (χ0) is 17.6. The van der Waals surface area contributed by atoms with E-state index in [9.17, 15) is 9.59 Å². The molecular formula is C20H22N2O3. The van der Waals surface area contributed by atoms with E-state index in [1.165, 1.54) is 0 Å². The highest BCUT2D eigenvalue weighted by atomic mass is 16.5. The highest BCUT2D eigenvalue weighted by Crippen LogP contribution is 2.30. The largest absolute Gasteiger partial charge is 0.497 e. The molecule has 3 rings (SSSR count). The number of amides is 2. The van der Waals surface area contributed by atoms with Crippen LogP contribution in [0.2, 0.25) is 0 Å². The predicted octanol–water partition coefficient (Wildman–Crippen LogP) is 2.18. The van der Waals surface area contributed by atoms with Gasteiger partial charge in [0.05, 0.1) is 13.7 Å². The summed E-state index contributed by atoms with van der Waals surface area (Å²) in [6, 6.07) is 17.8. The van der Waals surface area contributed by atoms with Crippen molar-refractivity contribution in [1.29, 1.82) is 0 Å². The first-order valence-electron chi connectivity index (χ1n) is 8.40. The van der Waals surface area contributed by atoms with Gasteiger partial charge in [0.1, 0.15) is 5.75 Å². The molecule has 1 heterocycles. The summed E-state index contributed by atoms with van der Waals surface area (Å²) in [5, 5.41) is 2.75. The van der Waals surface area contributed by atoms with Crippen molar-refractivity contribution in [3.8, 4) is 5.75 Å². The van der Waals surface area contributed by atoms with Crippen LogP contribution in [0.1, 0.15) is 23.5 Å². The fourth-order valence-corrected chi connectivity index (χ4v) is 3.10. The number of ether oxygens (including phenoxy) is 1. The van der Waals surface area contributed by atoms with Crippen LogP contribution in [-0.4, -0.2) is 43.5 Å². The molecule has 2 aromatic rings. The molecular weight excluding hydrogens is 316 g/mol. The van der Waals surface area contributed by atoms with Gasteiger partial charge in [0, 0.05) is 25.4 Å². The summed E-state index contributed by atoms with van der Waals surface area (Å²) >= 11 is 0. The Morgan fingerprint density at radius 3 is 2.44 bits per heavy atom. The quantitative estimate of drug-likeness (QED) is 0.909. The maximum absolute atomic E-state index is 12.7. The van der Waals surface area contributed by atoms with Crippen LogP contribution in [0.5, 0.6) is 5.75 Å². The number of piperazine rings is 1. The second-order valence-electron chi connectivity index (χ2n) is 6.11. The van der Waals surface area contributed by atoms with Gasteiger partial charge in [-0.05, 0) is 23.3 Å². The molecule has 2 aromatic carbocycles. The zero-order valence-electron chi connectivity index (χ0n) is 14.3. The molecule has 1 aliphatic rings. The first kappa shape index (κ1) is 17.0. The zero-order valence-corrected chi connectivity index (χ0v) is 14.3. The molecule has 1 aliphatic heterocycles. The summed E-state index contributed by atoms with van der Waals surface area (Å²) in [6.45, 7) is 1.22. The average molecular weight is 338 g/mol. The molecule has 0 bridgehead atoms. The molecule has 0 unspecified atom stereocenters. The Morgan fingerprint density at radius 2 is 1.80 bits per heavy atom. The maximum atomic E-state index is 12.7. The van der Waals surface area contributed by atoms with Gasteiger partial charge in [-0.2, -0.15) is 0 Å². The first-order valence-corrected chi connectivity index (χ1v) is 8.40. The number of nitrogens with one attached hydrogen (secondary N) is 1. The summed E-state index contributed by atoms with van der Waals surface area (Å²) in [5.74, 6) is 0.638. The summed E-state index contributed by atoms with van der Waals surface area (Å²) < 4.78 is 5.22. The van der Waals surface area contributed by atoms with E-state index in [-0.39, 0.29) is 24.3 Å². The van der Waals surface area contributed by atoms with E-state index in [2.05, 4.69) is 5.32 Å². The second-order valence-corrected chi connectivity index (χ2v) is 6.11. The highest BCUT2D eigenvalue weighted by Gasteiger charge is 2.25. The van der Waals surface area contributed by atoms with E-state index in [1.54, 1.807) is 12.0 Å². The van der Waals surface area contributed by atoms with Crippen molar-refractivity contribution < 1.29 is 14.3 Å². The molecule has 0 saturated carbocycles. The smallest absolute Gasteiger partial charge is 0.239 e. The van der Waals surface area contributed by atoms with Crippen LogP contribution in [0.25, 0.3) is 0 Å². The molecule has 0 aromatic heterocycles. The molecule has 130 valence electrons. The van der Waals surface area contributed by atoms with Gasteiger partial charge >= 0.3 is 0 Å². The SMILES string of the molecule is COc1ccc([C@H](CC(=O)N2CCNC(=O)C2)c2ccccc2)cc1. The average Bonchev–Trinajstić information content (AvgIpc) is 2.67. The monoisotopic (exact) mass is 338 g/mol. The Bertz CT molecular complexity index is 728. The van der Waals surface area contributed by atoms with E-state index in [1.807, 2.05) is 54.6 Å². The van der Waals surface area contributed by atoms with Crippen LogP contribution >= 0.6 is 0 Å². The number of nitrogens with zero attached hydrogens (tertiary/aromatic N) is 1. The third-order valence-corrected chi connectivity index (χ3v) is 4.49. The number of rotatable bonds is 5. The predicted molar refractivity (Wildman–Crippen MR) is 95.5 cm³/mol. The van der Waals surface area contributed by atoms with Gasteiger partial charge in [-0.1, -0.05) is 42.5 Å². The topological polar surface area (TPSA) is 58.6 Å². The van der Waals surface area contributed by atoms with Crippen LogP contribution in [0.15, 0.2) is 54.6 Å². The van der Waals surface area contributed by atoms with Crippen molar-refractivity contribution in [1.82, 2.24) is 10.2 Å². The Morgan fingerprint density at radius 1 is 1.12 bits per heavy atom. The van der Waals surface area contributed by atoms with E-state index in [0.29, 0.717) is 19.5 Å². The van der Waals surface area contributed by atoms with Crippen molar-refractivity contribution in [2.45, 2.75) is 12.3 Å². The Balaban J connectivity index is 1.83. The van der Waals surface area contributed by atoms with Gasteiger partial charge in [-0.15, -0.1) is 0 Å². The molecule has 0 spiro atoms. The molecule has 5 nitrogen and oxygen atoms in total. The van der Waals surface area contributed by atoms with E-state index < -0.39 is 0 Å². The number of carbonyl (C=O) groups is 2. The van der Waals surface area contributed by atoms with Crippen LogP contribution in [0.3, 0.4) is 0 Å². The number of hydrogen-bond acceptors (Lipinski definition) is 3. The number of hydrogen-bond donors (Lipinski definition) is 1. The van der Waals surface area contributed by atoms with Crippen LogP contribution in [0, 0.1) is 0 Å². The lowest BCUT2D eigenvalue weighted by molar-refractivity contribution is -0.138. The van der Waals surface area contributed by atoms with E-state index >= 15 is 0 Å². The van der Waals surface area contributed by atoms with Gasteiger partial charge < -0.3 is 15.0 Å². The lowest BCUT2D eigenvalue weighted by Crippen LogP contribution is -2.50. The van der Waals surface area contributed by atoms with Crippen molar-refractivity contribution in [3.63, 3.8) is 0 Å². The lowest BCUT2D eigenvalue weighted by atomic mass is 9.88. The molecule has 5 heteroatoms. The summed E-state index contributed by atoms with van der Waals surface area (Å²) in [6.07, 6.45) is 0.337. The Kier molecular flexibility index (Phi) is 5.33. The summed E-state index contributed by atoms with van der Waals surface area (Å²) in [5.41, 5.74) is 2.14. The molecule has 1 saturated heterocycles. The molecule has 2 amide bonds. The van der Waals surface area contributed by atoms with Crippen LogP contribution in [0.4, 0.5) is 0 Å². The van der Waals surface area contributed by atoms with Gasteiger partial charge in [-0.25, -0.2) is 0 Å². The minimum atomic E-state index is -0.0969. The van der Waals surface area contributed by atoms with Gasteiger partial charge in [0.15, 0.2) is 0 Å². The van der Waals surface area contributed by atoms with Crippen LogP contribution in [-0.2, 0) is 9.59 Å². The summed E-state index contributed by atoms with van der Waals surface area (Å²) in [7, 11) is 1.63. The third kappa shape index (κ3) is 4.18. The lowest BCUT2D eigenvalue weighted by Gasteiger charge is -2.28. The highest BCUT2D eigenvalue weighted by molar-refractivity contribution is 5.86. The Labute approximate surface area is 147 Å². The van der Waals surface area contributed by atoms with E-state index in [4.69, 9.17) is 4.74 Å². The fraction of sp³-hybridized carbons (Fsp3) is 0.300. The second kappa shape index (κ2) is 7.83. The third-order valence-electron chi connectivity index (χ3n) is 4.49. The minimum Gasteiger partial charge on any atom is -0.497 e. The van der Waals surface area contributed by atoms with E-state index in [0.717, 1.165) is 16.9 Å². The molecule has 1 atom stereocenters. The number of methoxy groups -OCH3 is 1. The number of carbonyl (C=O) groups excluding carboxylic acids is 2. The standard InChI is InChI=1S/C20H22N2O3/c1-25-17-9-7-16(8-10-17)18(15-5-3-2-4-6-15)13-20(24)22-12-11-21-19(23)14-22/h2-10,18H,11-14H2,1H3,(H,21,23)/t18-/m1/s1. The van der Waals surface area contributed by atoms with Gasteiger partial charge in [0.25, 0.3) is 0 Å². The van der Waals surface area contributed by atoms with Gasteiger partial charge in [-0.3, -0.25) is 9.59 Å². The summed E-state index contributed by atoms with van der Waals surface area (Å²) in [4.78, 5) is 25.9. The Hall–Kier alpha value is -2.82. The fourth-order valence-electron chi connectivity index (χ4n) is 3.10. The minimum absolute atomic E-state index is 0.000443. The van der Waals surface area contributed by atoms with Crippen molar-refractivity contribution in [3.05, 3.63) is 65.7 Å². The molecule has 0 aliphatic carbocycles. The normalized spacial score (nSPS) is 15.4. The maximum Gasteiger partial charge on any atom is 0.239 e. The van der Waals surface area contributed by atoms with Crippen molar-refractivity contribution in [2.75, 3.05) is 26.7 Å². The van der Waals surface area contributed by atoms with Gasteiger partial charge in [0.2, 0.25) is 11.8 Å². The van der Waals surface area contributed by atoms with Crippen molar-refractivity contribution in [2.24, 2.45) is 0 Å². The molecule has 1 fully saturated rings. The molecule has 1 N–H and O–H groups in total. The van der Waals surface area contributed by atoms with Crippen LogP contribution < -0.4 is 10.1 Å². The molecule has 25 heavy (non-hydrogen) atoms. The molecule has 0 radical (unpaired) electrons. The number of benzene rings is 2. The first-order chi connectivity index (χ1) is 12.2.